The van der Waals surface area contributed by atoms with Gasteiger partial charge in [-0.25, -0.2) is 13.2 Å². The quantitative estimate of drug-likeness (QED) is 0.704. The zero-order valence-electron chi connectivity index (χ0n) is 16.6. The van der Waals surface area contributed by atoms with E-state index in [1.165, 1.54) is 11.0 Å². The highest BCUT2D eigenvalue weighted by Gasteiger charge is 2.32. The van der Waals surface area contributed by atoms with E-state index in [4.69, 9.17) is 4.74 Å². The Morgan fingerprint density at radius 3 is 2.24 bits per heavy atom. The Hall–Kier alpha value is -2.93. The van der Waals surface area contributed by atoms with Crippen molar-refractivity contribution in [3.05, 3.63) is 76.2 Å². The van der Waals surface area contributed by atoms with Gasteiger partial charge in [-0.15, -0.1) is 0 Å². The molecule has 7 heteroatoms. The van der Waals surface area contributed by atoms with Crippen LogP contribution < -0.4 is 4.90 Å². The van der Waals surface area contributed by atoms with Crippen LogP contribution in [0.4, 0.5) is 5.69 Å². The summed E-state index contributed by atoms with van der Waals surface area (Å²) < 4.78 is 29.0. The lowest BCUT2D eigenvalue weighted by Crippen LogP contribution is -2.43. The van der Waals surface area contributed by atoms with Crippen LogP contribution >= 0.6 is 0 Å². The summed E-state index contributed by atoms with van der Waals surface area (Å²) in [6, 6.07) is 11.9. The van der Waals surface area contributed by atoms with Gasteiger partial charge in [-0.1, -0.05) is 35.9 Å². The topological polar surface area (TPSA) is 80.8 Å². The van der Waals surface area contributed by atoms with Crippen LogP contribution in [0.15, 0.2) is 53.9 Å². The van der Waals surface area contributed by atoms with Gasteiger partial charge in [0.2, 0.25) is 0 Å². The van der Waals surface area contributed by atoms with Crippen LogP contribution in [-0.2, 0) is 19.4 Å². The summed E-state index contributed by atoms with van der Waals surface area (Å²) in [7, 11) is -3.35. The van der Waals surface area contributed by atoms with Gasteiger partial charge < -0.3 is 9.64 Å². The summed E-state index contributed by atoms with van der Waals surface area (Å²) in [5.74, 6) is -1.26. The highest BCUT2D eigenvalue weighted by molar-refractivity contribution is 7.94. The molecule has 2 aromatic carbocycles. The molecule has 3 rings (SSSR count). The lowest BCUT2D eigenvalue weighted by atomic mass is 10.00. The predicted octanol–water partition coefficient (Wildman–Crippen LogP) is 3.11. The first kappa shape index (κ1) is 20.8. The first-order valence-electron chi connectivity index (χ1n) is 9.21. The summed E-state index contributed by atoms with van der Waals surface area (Å²) in [5.41, 5.74) is 3.59. The molecule has 0 radical (unpaired) electrons. The Kier molecular flexibility index (Phi) is 5.88. The van der Waals surface area contributed by atoms with Crippen LogP contribution in [0.5, 0.6) is 0 Å². The number of anilines is 1. The number of hydrogen-bond donors (Lipinski definition) is 0. The van der Waals surface area contributed by atoms with E-state index in [0.717, 1.165) is 22.1 Å². The van der Waals surface area contributed by atoms with Gasteiger partial charge in [-0.05, 0) is 50.1 Å². The first-order valence-corrected chi connectivity index (χ1v) is 10.9. The highest BCUT2D eigenvalue weighted by Crippen LogP contribution is 2.23. The summed E-state index contributed by atoms with van der Waals surface area (Å²) in [5, 5.41) is 1.12. The molecule has 0 saturated carbocycles. The molecule has 1 heterocycles. The van der Waals surface area contributed by atoms with E-state index in [1.807, 2.05) is 32.9 Å². The average Bonchev–Trinajstić information content (AvgIpc) is 2.99. The van der Waals surface area contributed by atoms with Gasteiger partial charge in [0.1, 0.15) is 0 Å². The molecule has 0 bridgehead atoms. The fourth-order valence-corrected chi connectivity index (χ4v) is 4.87. The van der Waals surface area contributed by atoms with Gasteiger partial charge in [0.25, 0.3) is 5.91 Å². The zero-order valence-corrected chi connectivity index (χ0v) is 17.4. The Morgan fingerprint density at radius 1 is 1.07 bits per heavy atom. The largest absolute Gasteiger partial charge is 0.452 e. The molecule has 0 aliphatic carbocycles. The van der Waals surface area contributed by atoms with Crippen molar-refractivity contribution in [1.82, 2.24) is 0 Å². The second-order valence-electron chi connectivity index (χ2n) is 7.17. The number of rotatable bonds is 5. The van der Waals surface area contributed by atoms with E-state index in [9.17, 15) is 18.0 Å². The molecule has 152 valence electrons. The van der Waals surface area contributed by atoms with Crippen LogP contribution in [-0.4, -0.2) is 38.7 Å². The van der Waals surface area contributed by atoms with Crippen molar-refractivity contribution in [2.24, 2.45) is 0 Å². The number of amides is 1. The Bertz CT molecular complexity index is 1050. The number of nitrogens with zero attached hydrogens (tertiary/aromatic N) is 1. The summed E-state index contributed by atoms with van der Waals surface area (Å²) in [4.78, 5) is 26.9. The number of carbonyl (C=O) groups excluding carboxylic acids is 2. The molecular weight excluding hydrogens is 390 g/mol. The van der Waals surface area contributed by atoms with E-state index >= 15 is 0 Å². The van der Waals surface area contributed by atoms with E-state index in [-0.39, 0.29) is 5.75 Å². The molecule has 0 aromatic heterocycles. The summed E-state index contributed by atoms with van der Waals surface area (Å²) in [6.07, 6.45) is 1.48. The SMILES string of the molecule is Cc1cc(C)c(C(=O)OCC(=O)N(c2ccccc2)C2C=CS(=O)(=O)C2)c(C)c1. The Labute approximate surface area is 170 Å². The number of sulfone groups is 1. The van der Waals surface area contributed by atoms with Crippen molar-refractivity contribution >= 4 is 27.4 Å². The molecule has 1 aliphatic heterocycles. The standard InChI is InChI=1S/C22H23NO5S/c1-15-11-16(2)21(17(3)12-15)22(25)28-13-20(24)23(18-7-5-4-6-8-18)19-9-10-29(26,27)14-19/h4-12,19H,13-14H2,1-3H3. The maximum atomic E-state index is 12.9. The molecule has 0 N–H and O–H groups in total. The van der Waals surface area contributed by atoms with Gasteiger partial charge in [-0.3, -0.25) is 4.79 Å². The fraction of sp³-hybridized carbons (Fsp3) is 0.273. The molecule has 0 spiro atoms. The molecule has 29 heavy (non-hydrogen) atoms. The lowest BCUT2D eigenvalue weighted by Gasteiger charge is -2.27. The number of ether oxygens (including phenoxy) is 1. The van der Waals surface area contributed by atoms with Gasteiger partial charge in [-0.2, -0.15) is 0 Å². The van der Waals surface area contributed by atoms with E-state index in [0.29, 0.717) is 11.3 Å². The Morgan fingerprint density at radius 2 is 1.69 bits per heavy atom. The molecule has 1 amide bonds. The monoisotopic (exact) mass is 413 g/mol. The number of esters is 1. The third-order valence-electron chi connectivity index (χ3n) is 4.75. The Balaban J connectivity index is 1.79. The molecule has 1 atom stereocenters. The number of hydrogen-bond acceptors (Lipinski definition) is 5. The molecule has 6 nitrogen and oxygen atoms in total. The molecule has 2 aromatic rings. The maximum absolute atomic E-state index is 12.9. The lowest BCUT2D eigenvalue weighted by molar-refractivity contribution is -0.121. The summed E-state index contributed by atoms with van der Waals surface area (Å²) in [6.45, 7) is 5.11. The van der Waals surface area contributed by atoms with Gasteiger partial charge in [0.05, 0.1) is 17.4 Å². The number of para-hydroxylation sites is 1. The van der Waals surface area contributed by atoms with Gasteiger partial charge >= 0.3 is 5.97 Å². The summed E-state index contributed by atoms with van der Waals surface area (Å²) >= 11 is 0. The van der Waals surface area contributed by atoms with Crippen LogP contribution in [0.25, 0.3) is 0 Å². The number of aryl methyl sites for hydroxylation is 3. The normalized spacial score (nSPS) is 17.1. The molecular formula is C22H23NO5S. The minimum atomic E-state index is -3.35. The molecule has 0 fully saturated rings. The molecule has 1 aliphatic rings. The van der Waals surface area contributed by atoms with Crippen LogP contribution in [0, 0.1) is 20.8 Å². The van der Waals surface area contributed by atoms with E-state index < -0.39 is 34.4 Å². The van der Waals surface area contributed by atoms with Crippen LogP contribution in [0.3, 0.4) is 0 Å². The third-order valence-corrected chi connectivity index (χ3v) is 6.13. The van der Waals surface area contributed by atoms with Gasteiger partial charge in [0.15, 0.2) is 16.4 Å². The van der Waals surface area contributed by atoms with Crippen molar-refractivity contribution in [2.45, 2.75) is 26.8 Å². The van der Waals surface area contributed by atoms with Crippen LogP contribution in [0.1, 0.15) is 27.0 Å². The van der Waals surface area contributed by atoms with Crippen molar-refractivity contribution in [1.29, 1.82) is 0 Å². The van der Waals surface area contributed by atoms with Crippen molar-refractivity contribution in [2.75, 3.05) is 17.3 Å². The predicted molar refractivity (Wildman–Crippen MR) is 112 cm³/mol. The second-order valence-corrected chi connectivity index (χ2v) is 9.11. The van der Waals surface area contributed by atoms with Crippen molar-refractivity contribution in [3.63, 3.8) is 0 Å². The minimum Gasteiger partial charge on any atom is -0.452 e. The average molecular weight is 413 g/mol. The molecule has 0 saturated heterocycles. The number of benzene rings is 2. The fourth-order valence-electron chi connectivity index (χ4n) is 3.60. The minimum absolute atomic E-state index is 0.197. The van der Waals surface area contributed by atoms with E-state index in [1.54, 1.807) is 30.3 Å². The molecule has 1 unspecified atom stereocenters. The van der Waals surface area contributed by atoms with Crippen LogP contribution in [0.2, 0.25) is 0 Å². The number of carbonyl (C=O) groups is 2. The van der Waals surface area contributed by atoms with Crippen molar-refractivity contribution in [3.8, 4) is 0 Å². The third kappa shape index (κ3) is 4.74. The van der Waals surface area contributed by atoms with E-state index in [2.05, 4.69) is 0 Å². The second kappa shape index (κ2) is 8.21. The van der Waals surface area contributed by atoms with Crippen molar-refractivity contribution < 1.29 is 22.7 Å². The smallest absolute Gasteiger partial charge is 0.339 e. The van der Waals surface area contributed by atoms with Gasteiger partial charge in [0, 0.05) is 11.1 Å². The maximum Gasteiger partial charge on any atom is 0.339 e. The zero-order chi connectivity index (χ0) is 21.2. The highest BCUT2D eigenvalue weighted by atomic mass is 32.2. The first-order chi connectivity index (χ1) is 13.7.